The van der Waals surface area contributed by atoms with Gasteiger partial charge in [0.05, 0.1) is 6.04 Å². The highest BCUT2D eigenvalue weighted by Gasteiger charge is 2.35. The number of hydrogen-bond acceptors (Lipinski definition) is 7. The first-order chi connectivity index (χ1) is 21.1. The van der Waals surface area contributed by atoms with Crippen molar-refractivity contribution in [2.75, 3.05) is 0 Å². The monoisotopic (exact) mass is 654 g/mol. The van der Waals surface area contributed by atoms with Crippen molar-refractivity contribution in [1.29, 1.82) is 0 Å². The van der Waals surface area contributed by atoms with Crippen molar-refractivity contribution in [3.05, 3.63) is 0 Å². The van der Waals surface area contributed by atoms with E-state index in [-0.39, 0.29) is 54.8 Å². The highest BCUT2D eigenvalue weighted by Crippen LogP contribution is 2.13. The zero-order chi connectivity index (χ0) is 36.0. The molecule has 0 rings (SSSR count). The number of hydrogen-bond donors (Lipinski definition) is 7. The van der Waals surface area contributed by atoms with E-state index >= 15 is 0 Å². The van der Waals surface area contributed by atoms with E-state index < -0.39 is 71.8 Å². The van der Waals surface area contributed by atoms with Gasteiger partial charge < -0.3 is 37.4 Å². The Hall–Kier alpha value is -3.22. The standard InChI is InChI=1S/C33H62N6O7/c1-16(2)13-22(29(41)37-24(33(45)46)15-18(5)6)35-28(40)23(14-17(3)4)36-31(43)26(20(9)10)39-32(44)27(21(11)12)38-30(42)25(34)19(7)8/h16-27H,13-15,34H2,1-12H3,(H,35,40)(H,36,43)(H,37,41)(H,38,42)(H,39,44)(H,45,46)/t22-,23-,24-,25-,26-,27-/m0/s1. The van der Waals surface area contributed by atoms with Crippen LogP contribution >= 0.6 is 0 Å². The van der Waals surface area contributed by atoms with E-state index in [2.05, 4.69) is 26.6 Å². The third-order valence-corrected chi connectivity index (χ3v) is 7.52. The molecule has 0 aromatic heterocycles. The minimum absolute atomic E-state index is 0.00687. The molecule has 8 N–H and O–H groups in total. The summed E-state index contributed by atoms with van der Waals surface area (Å²) in [6.07, 6.45) is 0.722. The largest absolute Gasteiger partial charge is 0.480 e. The van der Waals surface area contributed by atoms with Crippen molar-refractivity contribution in [3.63, 3.8) is 0 Å². The van der Waals surface area contributed by atoms with Crippen molar-refractivity contribution < 1.29 is 33.9 Å². The summed E-state index contributed by atoms with van der Waals surface area (Å²) < 4.78 is 0. The summed E-state index contributed by atoms with van der Waals surface area (Å²) in [6, 6.07) is -5.96. The zero-order valence-corrected chi connectivity index (χ0v) is 30.0. The Bertz CT molecular complexity index is 1030. The molecule has 0 bridgehead atoms. The van der Waals surface area contributed by atoms with Crippen molar-refractivity contribution in [2.24, 2.45) is 41.2 Å². The Labute approximate surface area is 275 Å². The molecule has 0 aliphatic carbocycles. The van der Waals surface area contributed by atoms with Gasteiger partial charge in [0.2, 0.25) is 29.5 Å². The van der Waals surface area contributed by atoms with E-state index in [0.717, 1.165) is 0 Å². The topological polar surface area (TPSA) is 209 Å². The minimum atomic E-state index is -1.16. The van der Waals surface area contributed by atoms with Gasteiger partial charge in [-0.25, -0.2) is 4.79 Å². The molecule has 13 nitrogen and oxygen atoms in total. The number of carbonyl (C=O) groups is 6. The summed E-state index contributed by atoms with van der Waals surface area (Å²) in [6.45, 7) is 21.9. The maximum Gasteiger partial charge on any atom is 0.326 e. The number of carbonyl (C=O) groups excluding carboxylic acids is 5. The van der Waals surface area contributed by atoms with Crippen LogP contribution in [0, 0.1) is 35.5 Å². The average Bonchev–Trinajstić information content (AvgIpc) is 2.91. The van der Waals surface area contributed by atoms with Gasteiger partial charge in [0.25, 0.3) is 0 Å². The summed E-state index contributed by atoms with van der Waals surface area (Å²) in [4.78, 5) is 78.1. The summed E-state index contributed by atoms with van der Waals surface area (Å²) >= 11 is 0. The molecule has 266 valence electrons. The molecule has 0 saturated heterocycles. The van der Waals surface area contributed by atoms with E-state index in [9.17, 15) is 33.9 Å². The molecule has 0 heterocycles. The lowest BCUT2D eigenvalue weighted by molar-refractivity contribution is -0.143. The first-order valence-electron chi connectivity index (χ1n) is 16.6. The number of nitrogens with two attached hydrogens (primary N) is 1. The molecule has 6 atom stereocenters. The van der Waals surface area contributed by atoms with E-state index in [1.54, 1.807) is 41.5 Å². The molecule has 0 aromatic carbocycles. The lowest BCUT2D eigenvalue weighted by Crippen LogP contribution is -2.61. The van der Waals surface area contributed by atoms with Gasteiger partial charge in [0.15, 0.2) is 0 Å². The molecule has 46 heavy (non-hydrogen) atoms. The highest BCUT2D eigenvalue weighted by molar-refractivity contribution is 5.96. The second-order valence-corrected chi connectivity index (χ2v) is 14.6. The van der Waals surface area contributed by atoms with Crippen LogP contribution < -0.4 is 32.3 Å². The first kappa shape index (κ1) is 42.8. The van der Waals surface area contributed by atoms with Crippen molar-refractivity contribution in [2.45, 2.75) is 139 Å². The lowest BCUT2D eigenvalue weighted by atomic mass is 9.97. The first-order valence-corrected chi connectivity index (χ1v) is 16.6. The number of aliphatic carboxylic acids is 1. The second-order valence-electron chi connectivity index (χ2n) is 14.6. The van der Waals surface area contributed by atoms with Gasteiger partial charge in [-0.05, 0) is 54.8 Å². The molecule has 5 amide bonds. The van der Waals surface area contributed by atoms with Crippen LogP contribution in [0.4, 0.5) is 0 Å². The summed E-state index contributed by atoms with van der Waals surface area (Å²) in [5.74, 6) is -4.81. The summed E-state index contributed by atoms with van der Waals surface area (Å²) in [5, 5.41) is 23.1. The van der Waals surface area contributed by atoms with Gasteiger partial charge in [-0.3, -0.25) is 24.0 Å². The Morgan fingerprint density at radius 1 is 0.457 bits per heavy atom. The predicted molar refractivity (Wildman–Crippen MR) is 178 cm³/mol. The molecule has 0 fully saturated rings. The van der Waals surface area contributed by atoms with Crippen molar-refractivity contribution in [1.82, 2.24) is 26.6 Å². The third kappa shape index (κ3) is 15.4. The number of nitrogens with one attached hydrogen (secondary N) is 5. The molecular weight excluding hydrogens is 592 g/mol. The van der Waals surface area contributed by atoms with Crippen LogP contribution in [0.25, 0.3) is 0 Å². The quantitative estimate of drug-likeness (QED) is 0.103. The molecule has 0 unspecified atom stereocenters. The molecule has 0 spiro atoms. The molecule has 0 radical (unpaired) electrons. The second kappa shape index (κ2) is 20.1. The number of carboxylic acid groups (broad SMARTS) is 1. The van der Waals surface area contributed by atoms with Gasteiger partial charge in [0.1, 0.15) is 30.2 Å². The third-order valence-electron chi connectivity index (χ3n) is 7.52. The molecule has 13 heteroatoms. The number of amides is 5. The zero-order valence-electron chi connectivity index (χ0n) is 30.0. The number of carboxylic acids is 1. The van der Waals surface area contributed by atoms with E-state index in [1.165, 1.54) is 0 Å². The van der Waals surface area contributed by atoms with Crippen LogP contribution in [0.1, 0.15) is 102 Å². The van der Waals surface area contributed by atoms with Gasteiger partial charge in [-0.2, -0.15) is 0 Å². The fraction of sp³-hybridized carbons (Fsp3) is 0.818. The summed E-state index contributed by atoms with van der Waals surface area (Å²) in [5.41, 5.74) is 5.97. The van der Waals surface area contributed by atoms with E-state index in [0.29, 0.717) is 0 Å². The van der Waals surface area contributed by atoms with Crippen LogP contribution in [0.2, 0.25) is 0 Å². The maximum atomic E-state index is 13.6. The van der Waals surface area contributed by atoms with Crippen LogP contribution in [0.3, 0.4) is 0 Å². The smallest absolute Gasteiger partial charge is 0.326 e. The number of rotatable bonds is 20. The highest BCUT2D eigenvalue weighted by atomic mass is 16.4. The SMILES string of the molecule is CC(C)C[C@H](NC(=O)[C@H](CC(C)C)NC(=O)[C@H](CC(C)C)NC(=O)[C@@H](NC(=O)[C@@H](NC(=O)[C@@H](N)C(C)C)C(C)C)C(C)C)C(=O)O. The van der Waals surface area contributed by atoms with Crippen molar-refractivity contribution in [3.8, 4) is 0 Å². The minimum Gasteiger partial charge on any atom is -0.480 e. The predicted octanol–water partition coefficient (Wildman–Crippen LogP) is 1.93. The Morgan fingerprint density at radius 3 is 1.09 bits per heavy atom. The molecule has 0 aromatic rings. The van der Waals surface area contributed by atoms with Gasteiger partial charge in [-0.15, -0.1) is 0 Å². The Morgan fingerprint density at radius 2 is 0.761 bits per heavy atom. The van der Waals surface area contributed by atoms with Crippen LogP contribution in [0.5, 0.6) is 0 Å². The van der Waals surface area contributed by atoms with Crippen molar-refractivity contribution >= 4 is 35.5 Å². The normalized spacial score (nSPS) is 15.7. The molecule has 0 saturated carbocycles. The average molecular weight is 655 g/mol. The molecule has 0 aliphatic heterocycles. The van der Waals surface area contributed by atoms with E-state index in [1.807, 2.05) is 41.5 Å². The van der Waals surface area contributed by atoms with Gasteiger partial charge in [0, 0.05) is 0 Å². The van der Waals surface area contributed by atoms with Crippen LogP contribution in [0.15, 0.2) is 0 Å². The van der Waals surface area contributed by atoms with Gasteiger partial charge >= 0.3 is 5.97 Å². The fourth-order valence-electron chi connectivity index (χ4n) is 4.77. The fourth-order valence-corrected chi connectivity index (χ4v) is 4.77. The van der Waals surface area contributed by atoms with Crippen LogP contribution in [-0.2, 0) is 28.8 Å². The van der Waals surface area contributed by atoms with Crippen LogP contribution in [-0.4, -0.2) is 76.9 Å². The Kier molecular flexibility index (Phi) is 18.7. The summed E-state index contributed by atoms with van der Waals surface area (Å²) in [7, 11) is 0. The maximum absolute atomic E-state index is 13.6. The van der Waals surface area contributed by atoms with E-state index in [4.69, 9.17) is 5.73 Å². The lowest BCUT2D eigenvalue weighted by Gasteiger charge is -2.30. The molecular formula is C33H62N6O7. The molecule has 0 aliphatic rings. The van der Waals surface area contributed by atoms with Gasteiger partial charge in [-0.1, -0.05) is 83.1 Å². The Balaban J connectivity index is 6.01.